The highest BCUT2D eigenvalue weighted by atomic mass is 35.5. The summed E-state index contributed by atoms with van der Waals surface area (Å²) in [7, 11) is 0. The van der Waals surface area contributed by atoms with E-state index in [1.54, 1.807) is 12.1 Å². The molecule has 2 nitrogen and oxygen atoms in total. The summed E-state index contributed by atoms with van der Waals surface area (Å²) in [6, 6.07) is 5.15. The molecule has 0 atom stereocenters. The highest BCUT2D eigenvalue weighted by molar-refractivity contribution is 8.00. The first-order valence-corrected chi connectivity index (χ1v) is 7.90. The van der Waals surface area contributed by atoms with Gasteiger partial charge in [0.1, 0.15) is 5.75 Å². The van der Waals surface area contributed by atoms with E-state index in [1.165, 1.54) is 0 Å². The predicted molar refractivity (Wildman–Crippen MR) is 81.7 cm³/mol. The monoisotopic (exact) mass is 287 g/mol. The third kappa shape index (κ3) is 4.08. The number of halogens is 1. The lowest BCUT2D eigenvalue weighted by Gasteiger charge is -2.30. The lowest BCUT2D eigenvalue weighted by molar-refractivity contribution is 0.456. The molecule has 0 aliphatic heterocycles. The molecular formula is C14H22ClNOS. The molecule has 0 spiro atoms. The minimum atomic E-state index is 0.286. The van der Waals surface area contributed by atoms with E-state index in [4.69, 9.17) is 11.6 Å². The molecule has 0 amide bonds. The average molecular weight is 288 g/mol. The van der Waals surface area contributed by atoms with E-state index >= 15 is 0 Å². The van der Waals surface area contributed by atoms with Crippen LogP contribution in [0.1, 0.15) is 32.3 Å². The Morgan fingerprint density at radius 1 is 1.33 bits per heavy atom. The molecule has 0 heterocycles. The third-order valence-electron chi connectivity index (χ3n) is 3.53. The van der Waals surface area contributed by atoms with Crippen LogP contribution in [0.2, 0.25) is 5.02 Å². The number of thioether (sulfide) groups is 1. The van der Waals surface area contributed by atoms with Gasteiger partial charge in [-0.25, -0.2) is 0 Å². The Balaban J connectivity index is 2.57. The van der Waals surface area contributed by atoms with Gasteiger partial charge >= 0.3 is 0 Å². The maximum absolute atomic E-state index is 9.73. The molecule has 0 bridgehead atoms. The number of phenolic OH excluding ortho intramolecular Hbond substituents is 1. The van der Waals surface area contributed by atoms with Gasteiger partial charge < -0.3 is 10.4 Å². The molecule has 0 aliphatic rings. The van der Waals surface area contributed by atoms with Gasteiger partial charge in [0.2, 0.25) is 0 Å². The van der Waals surface area contributed by atoms with Gasteiger partial charge in [-0.15, -0.1) is 0 Å². The minimum Gasteiger partial charge on any atom is -0.508 e. The van der Waals surface area contributed by atoms with Crippen molar-refractivity contribution in [1.82, 2.24) is 5.32 Å². The lowest BCUT2D eigenvalue weighted by Crippen LogP contribution is -2.36. The molecule has 0 aliphatic carbocycles. The first-order chi connectivity index (χ1) is 8.56. The number of rotatable bonds is 7. The number of hydrogen-bond acceptors (Lipinski definition) is 3. The molecule has 1 aromatic carbocycles. The van der Waals surface area contributed by atoms with Crippen molar-refractivity contribution in [2.24, 2.45) is 0 Å². The Labute approximate surface area is 119 Å². The molecule has 102 valence electrons. The maximum atomic E-state index is 9.73. The number of aromatic hydroxyl groups is 1. The van der Waals surface area contributed by atoms with Crippen molar-refractivity contribution in [2.75, 3.05) is 12.8 Å². The van der Waals surface area contributed by atoms with Gasteiger partial charge in [0.25, 0.3) is 0 Å². The zero-order valence-corrected chi connectivity index (χ0v) is 12.9. The van der Waals surface area contributed by atoms with Gasteiger partial charge in [-0.3, -0.25) is 0 Å². The van der Waals surface area contributed by atoms with Crippen molar-refractivity contribution < 1.29 is 5.11 Å². The largest absolute Gasteiger partial charge is 0.508 e. The van der Waals surface area contributed by atoms with Crippen LogP contribution in [-0.4, -0.2) is 22.7 Å². The van der Waals surface area contributed by atoms with Crippen molar-refractivity contribution in [3.8, 4) is 5.75 Å². The quantitative estimate of drug-likeness (QED) is 0.793. The lowest BCUT2D eigenvalue weighted by atomic mass is 10.0. The Hall–Kier alpha value is -0.380. The zero-order chi connectivity index (χ0) is 13.6. The van der Waals surface area contributed by atoms with Crippen LogP contribution in [0.5, 0.6) is 5.75 Å². The van der Waals surface area contributed by atoms with E-state index in [1.807, 2.05) is 17.8 Å². The van der Waals surface area contributed by atoms with Gasteiger partial charge in [0.05, 0.1) is 0 Å². The summed E-state index contributed by atoms with van der Waals surface area (Å²) in [5.41, 5.74) is 0.852. The summed E-state index contributed by atoms with van der Waals surface area (Å²) in [5, 5.41) is 13.8. The highest BCUT2D eigenvalue weighted by Crippen LogP contribution is 2.30. The summed E-state index contributed by atoms with van der Waals surface area (Å²) in [6.07, 6.45) is 4.43. The average Bonchev–Trinajstić information content (AvgIpc) is 2.39. The molecule has 0 saturated heterocycles. The molecule has 1 rings (SSSR count). The van der Waals surface area contributed by atoms with Crippen LogP contribution in [0, 0.1) is 0 Å². The normalized spacial score (nSPS) is 11.8. The van der Waals surface area contributed by atoms with Gasteiger partial charge in [0.15, 0.2) is 0 Å². The minimum absolute atomic E-state index is 0.286. The Morgan fingerprint density at radius 2 is 2.00 bits per heavy atom. The molecule has 0 saturated carbocycles. The molecular weight excluding hydrogens is 266 g/mol. The number of phenols is 1. The second-order valence-corrected chi connectivity index (χ2v) is 6.18. The fraction of sp³-hybridized carbons (Fsp3) is 0.571. The van der Waals surface area contributed by atoms with E-state index in [2.05, 4.69) is 25.4 Å². The van der Waals surface area contributed by atoms with Crippen LogP contribution in [-0.2, 0) is 6.54 Å². The topological polar surface area (TPSA) is 32.3 Å². The molecule has 0 aromatic heterocycles. The van der Waals surface area contributed by atoms with E-state index in [0.717, 1.165) is 24.9 Å². The van der Waals surface area contributed by atoms with Crippen LogP contribution in [0.15, 0.2) is 18.2 Å². The van der Waals surface area contributed by atoms with Crippen molar-refractivity contribution in [3.05, 3.63) is 28.8 Å². The molecule has 0 unspecified atom stereocenters. The second-order valence-electron chi connectivity index (χ2n) is 4.47. The van der Waals surface area contributed by atoms with Crippen molar-refractivity contribution in [3.63, 3.8) is 0 Å². The fourth-order valence-electron chi connectivity index (χ4n) is 1.98. The standard InChI is InChI=1S/C14H22ClNOS/c1-4-14(5-2,18-3)10-16-9-11-8-12(15)6-7-13(11)17/h6-8,16-17H,4-5,9-10H2,1-3H3. The first-order valence-electron chi connectivity index (χ1n) is 6.30. The molecule has 0 radical (unpaired) electrons. The third-order valence-corrected chi connectivity index (χ3v) is 5.35. The molecule has 18 heavy (non-hydrogen) atoms. The maximum Gasteiger partial charge on any atom is 0.120 e. The van der Waals surface area contributed by atoms with Gasteiger partial charge in [0, 0.05) is 28.4 Å². The van der Waals surface area contributed by atoms with Crippen LogP contribution < -0.4 is 5.32 Å². The molecule has 2 N–H and O–H groups in total. The van der Waals surface area contributed by atoms with Crippen LogP contribution in [0.25, 0.3) is 0 Å². The summed E-state index contributed by atoms with van der Waals surface area (Å²) < 4.78 is 0.286. The van der Waals surface area contributed by atoms with Gasteiger partial charge in [-0.2, -0.15) is 11.8 Å². The van der Waals surface area contributed by atoms with Crippen LogP contribution >= 0.6 is 23.4 Å². The van der Waals surface area contributed by atoms with Crippen molar-refractivity contribution >= 4 is 23.4 Å². The Morgan fingerprint density at radius 3 is 2.56 bits per heavy atom. The van der Waals surface area contributed by atoms with E-state index in [0.29, 0.717) is 17.3 Å². The molecule has 0 fully saturated rings. The molecule has 1 aromatic rings. The van der Waals surface area contributed by atoms with E-state index < -0.39 is 0 Å². The second kappa shape index (κ2) is 7.27. The summed E-state index contributed by atoms with van der Waals surface area (Å²) in [6.45, 7) is 6.03. The smallest absolute Gasteiger partial charge is 0.120 e. The summed E-state index contributed by atoms with van der Waals surface area (Å²) >= 11 is 7.83. The summed E-state index contributed by atoms with van der Waals surface area (Å²) in [4.78, 5) is 0. The Bertz CT molecular complexity index is 372. The van der Waals surface area contributed by atoms with E-state index in [9.17, 15) is 5.11 Å². The van der Waals surface area contributed by atoms with Crippen molar-refractivity contribution in [1.29, 1.82) is 0 Å². The zero-order valence-electron chi connectivity index (χ0n) is 11.3. The number of benzene rings is 1. The van der Waals surface area contributed by atoms with E-state index in [-0.39, 0.29) is 4.75 Å². The van der Waals surface area contributed by atoms with Crippen molar-refractivity contribution in [2.45, 2.75) is 38.0 Å². The molecule has 4 heteroatoms. The summed E-state index contributed by atoms with van der Waals surface area (Å²) in [5.74, 6) is 0.301. The fourth-order valence-corrected chi connectivity index (χ4v) is 3.00. The SMILES string of the molecule is CCC(CC)(CNCc1cc(Cl)ccc1O)SC. The van der Waals surface area contributed by atoms with Gasteiger partial charge in [-0.05, 0) is 37.3 Å². The van der Waals surface area contributed by atoms with Gasteiger partial charge in [-0.1, -0.05) is 25.4 Å². The van der Waals surface area contributed by atoms with Crippen LogP contribution in [0.4, 0.5) is 0 Å². The number of hydrogen-bond donors (Lipinski definition) is 2. The predicted octanol–water partition coefficient (Wildman–Crippen LogP) is 4.06. The highest BCUT2D eigenvalue weighted by Gasteiger charge is 2.24. The first kappa shape index (κ1) is 15.7. The number of nitrogens with one attached hydrogen (secondary N) is 1. The van der Waals surface area contributed by atoms with Crippen LogP contribution in [0.3, 0.4) is 0 Å². The Kier molecular flexibility index (Phi) is 6.33.